The molecule has 1 amide bonds. The summed E-state index contributed by atoms with van der Waals surface area (Å²) in [4.78, 5) is 34.9. The van der Waals surface area contributed by atoms with Crippen molar-refractivity contribution in [1.29, 1.82) is 0 Å². The maximum Gasteiger partial charge on any atom is 0.415 e. The zero-order valence-electron chi connectivity index (χ0n) is 12.0. The number of benzene rings is 1. The monoisotopic (exact) mass is 303 g/mol. The molecule has 1 heterocycles. The van der Waals surface area contributed by atoms with Crippen LogP contribution in [0.4, 0.5) is 4.79 Å². The lowest BCUT2D eigenvalue weighted by molar-refractivity contribution is -0.155. The van der Waals surface area contributed by atoms with E-state index in [0.29, 0.717) is 6.42 Å². The molecule has 0 aromatic heterocycles. The van der Waals surface area contributed by atoms with E-state index in [2.05, 4.69) is 16.6 Å². The van der Waals surface area contributed by atoms with Gasteiger partial charge in [0.05, 0.1) is 12.3 Å². The van der Waals surface area contributed by atoms with Crippen LogP contribution in [0.3, 0.4) is 0 Å². The molecule has 6 heteroatoms. The smallest absolute Gasteiger partial charge is 0.415 e. The minimum absolute atomic E-state index is 0.139. The highest BCUT2D eigenvalue weighted by molar-refractivity contribution is 5.91. The number of esters is 2. The predicted octanol–water partition coefficient (Wildman–Crippen LogP) is 1.95. The molecule has 22 heavy (non-hydrogen) atoms. The summed E-state index contributed by atoms with van der Waals surface area (Å²) >= 11 is 0. The quantitative estimate of drug-likeness (QED) is 0.493. The van der Waals surface area contributed by atoms with Crippen LogP contribution >= 0.6 is 0 Å². The molecule has 2 rings (SSSR count). The Morgan fingerprint density at radius 3 is 2.73 bits per heavy atom. The van der Waals surface area contributed by atoms with Crippen LogP contribution < -0.4 is 5.32 Å². The van der Waals surface area contributed by atoms with Crippen molar-refractivity contribution in [3.05, 3.63) is 48.6 Å². The number of amides is 1. The normalized spacial score (nSPS) is 20.7. The average Bonchev–Trinajstić information content (AvgIpc) is 2.50. The molecule has 0 bridgehead atoms. The zero-order chi connectivity index (χ0) is 15.9. The maximum absolute atomic E-state index is 11.9. The minimum atomic E-state index is -0.800. The Hall–Kier alpha value is -2.63. The molecule has 0 spiro atoms. The lowest BCUT2D eigenvalue weighted by atomic mass is 9.92. The Morgan fingerprint density at radius 1 is 1.32 bits per heavy atom. The highest BCUT2D eigenvalue weighted by atomic mass is 16.6. The number of carbonyl (C=O) groups excluding carboxylic acids is 3. The van der Waals surface area contributed by atoms with E-state index in [1.165, 1.54) is 0 Å². The van der Waals surface area contributed by atoms with E-state index in [0.717, 1.165) is 5.56 Å². The Balaban J connectivity index is 1.92. The van der Waals surface area contributed by atoms with E-state index in [-0.39, 0.29) is 13.0 Å². The first-order valence-corrected chi connectivity index (χ1v) is 6.92. The fourth-order valence-electron chi connectivity index (χ4n) is 2.22. The summed E-state index contributed by atoms with van der Waals surface area (Å²) in [5.41, 5.74) is 0.859. The molecule has 0 radical (unpaired) electrons. The number of rotatable bonds is 6. The van der Waals surface area contributed by atoms with Gasteiger partial charge in [-0.3, -0.25) is 9.59 Å². The summed E-state index contributed by atoms with van der Waals surface area (Å²) in [6.07, 6.45) is 0.999. The van der Waals surface area contributed by atoms with Crippen LogP contribution in [0.25, 0.3) is 0 Å². The average molecular weight is 303 g/mol. The number of cyclic esters (lactones) is 2. The van der Waals surface area contributed by atoms with Crippen molar-refractivity contribution in [3.63, 3.8) is 0 Å². The highest BCUT2D eigenvalue weighted by Gasteiger charge is 2.38. The maximum atomic E-state index is 11.9. The molecule has 1 saturated heterocycles. The topological polar surface area (TPSA) is 81.7 Å². The number of hydrogen-bond acceptors (Lipinski definition) is 5. The molecule has 2 unspecified atom stereocenters. The van der Waals surface area contributed by atoms with Crippen molar-refractivity contribution >= 4 is 18.0 Å². The Morgan fingerprint density at radius 2 is 2.05 bits per heavy atom. The summed E-state index contributed by atoms with van der Waals surface area (Å²) in [6, 6.07) is 8.72. The number of hydrogen-bond donors (Lipinski definition) is 1. The number of alkyl carbamates (subject to hydrolysis) is 1. The first-order valence-electron chi connectivity index (χ1n) is 6.92. The summed E-state index contributed by atoms with van der Waals surface area (Å²) in [5.74, 6) is -2.00. The van der Waals surface area contributed by atoms with Gasteiger partial charge in [-0.1, -0.05) is 36.4 Å². The van der Waals surface area contributed by atoms with E-state index >= 15 is 0 Å². The molecule has 0 saturated carbocycles. The minimum Gasteiger partial charge on any atom is -0.461 e. The predicted molar refractivity (Wildman–Crippen MR) is 77.6 cm³/mol. The van der Waals surface area contributed by atoms with Gasteiger partial charge in [0, 0.05) is 6.04 Å². The molecule has 1 aliphatic rings. The van der Waals surface area contributed by atoms with Gasteiger partial charge in [0.15, 0.2) is 0 Å². The van der Waals surface area contributed by atoms with Crippen LogP contribution in [0.2, 0.25) is 0 Å². The Labute approximate surface area is 128 Å². The molecule has 2 atom stereocenters. The van der Waals surface area contributed by atoms with Gasteiger partial charge in [0.25, 0.3) is 0 Å². The third-order valence-corrected chi connectivity index (χ3v) is 3.33. The van der Waals surface area contributed by atoms with Crippen molar-refractivity contribution in [2.24, 2.45) is 5.92 Å². The van der Waals surface area contributed by atoms with Gasteiger partial charge in [0.1, 0.15) is 6.61 Å². The number of nitrogens with one attached hydrogen (secondary N) is 1. The SMILES string of the molecule is C=CCC1NC(=O)OC(=O)C1CC(=O)OCc1ccccc1. The lowest BCUT2D eigenvalue weighted by Gasteiger charge is -2.28. The van der Waals surface area contributed by atoms with Gasteiger partial charge in [-0.05, 0) is 12.0 Å². The van der Waals surface area contributed by atoms with Gasteiger partial charge < -0.3 is 14.8 Å². The van der Waals surface area contributed by atoms with E-state index in [4.69, 9.17) is 4.74 Å². The van der Waals surface area contributed by atoms with Crippen molar-refractivity contribution < 1.29 is 23.9 Å². The molecule has 1 aromatic carbocycles. The molecule has 1 aromatic rings. The van der Waals surface area contributed by atoms with Crippen LogP contribution in [0.5, 0.6) is 0 Å². The summed E-state index contributed by atoms with van der Waals surface area (Å²) in [6.45, 7) is 3.71. The number of ether oxygens (including phenoxy) is 2. The third-order valence-electron chi connectivity index (χ3n) is 3.33. The molecule has 1 aliphatic heterocycles. The summed E-state index contributed by atoms with van der Waals surface area (Å²) in [7, 11) is 0. The second kappa shape index (κ2) is 7.40. The second-order valence-electron chi connectivity index (χ2n) is 4.94. The van der Waals surface area contributed by atoms with E-state index in [1.807, 2.05) is 30.3 Å². The van der Waals surface area contributed by atoms with Gasteiger partial charge in [0.2, 0.25) is 0 Å². The van der Waals surface area contributed by atoms with Crippen LogP contribution in [0.15, 0.2) is 43.0 Å². The molecule has 6 nitrogen and oxygen atoms in total. The second-order valence-corrected chi connectivity index (χ2v) is 4.94. The zero-order valence-corrected chi connectivity index (χ0v) is 12.0. The first-order chi connectivity index (χ1) is 10.6. The molecule has 1 N–H and O–H groups in total. The van der Waals surface area contributed by atoms with Crippen LogP contribution in [-0.2, 0) is 25.7 Å². The molecular formula is C16H17NO5. The van der Waals surface area contributed by atoms with Gasteiger partial charge >= 0.3 is 18.0 Å². The fourth-order valence-corrected chi connectivity index (χ4v) is 2.22. The van der Waals surface area contributed by atoms with Gasteiger partial charge in [-0.25, -0.2) is 4.79 Å². The Kier molecular flexibility index (Phi) is 5.30. The van der Waals surface area contributed by atoms with Gasteiger partial charge in [-0.2, -0.15) is 0 Å². The van der Waals surface area contributed by atoms with E-state index < -0.39 is 30.0 Å². The van der Waals surface area contributed by atoms with Gasteiger partial charge in [-0.15, -0.1) is 6.58 Å². The summed E-state index contributed by atoms with van der Waals surface area (Å²) in [5, 5.41) is 2.52. The van der Waals surface area contributed by atoms with Crippen LogP contribution in [-0.4, -0.2) is 24.1 Å². The molecule has 116 valence electrons. The first kappa shape index (κ1) is 15.8. The largest absolute Gasteiger partial charge is 0.461 e. The highest BCUT2D eigenvalue weighted by Crippen LogP contribution is 2.20. The third kappa shape index (κ3) is 4.18. The van der Waals surface area contributed by atoms with Crippen LogP contribution in [0, 0.1) is 5.92 Å². The van der Waals surface area contributed by atoms with Crippen molar-refractivity contribution in [3.8, 4) is 0 Å². The fraction of sp³-hybridized carbons (Fsp3) is 0.312. The Bertz CT molecular complexity index is 569. The number of carbonyl (C=O) groups is 3. The summed E-state index contributed by atoms with van der Waals surface area (Å²) < 4.78 is 9.66. The van der Waals surface area contributed by atoms with Crippen molar-refractivity contribution in [1.82, 2.24) is 5.32 Å². The van der Waals surface area contributed by atoms with Crippen molar-refractivity contribution in [2.75, 3.05) is 0 Å². The molecule has 1 fully saturated rings. The van der Waals surface area contributed by atoms with Crippen molar-refractivity contribution in [2.45, 2.75) is 25.5 Å². The van der Waals surface area contributed by atoms with Crippen LogP contribution in [0.1, 0.15) is 18.4 Å². The van der Waals surface area contributed by atoms with E-state index in [1.54, 1.807) is 6.08 Å². The molecule has 0 aliphatic carbocycles. The van der Waals surface area contributed by atoms with E-state index in [9.17, 15) is 14.4 Å². The molecular weight excluding hydrogens is 286 g/mol. The standard InChI is InChI=1S/C16H17NO5/c1-2-6-13-12(15(19)22-16(20)17-13)9-14(18)21-10-11-7-4-3-5-8-11/h2-5,7-8,12-13H,1,6,9-10H2,(H,17,20). The lowest BCUT2D eigenvalue weighted by Crippen LogP contribution is -2.51.